The fourth-order valence-electron chi connectivity index (χ4n) is 1.48. The summed E-state index contributed by atoms with van der Waals surface area (Å²) in [4.78, 5) is 5.90. The van der Waals surface area contributed by atoms with Gasteiger partial charge >= 0.3 is 0 Å². The van der Waals surface area contributed by atoms with Crippen molar-refractivity contribution in [3.05, 3.63) is 35.4 Å². The first kappa shape index (κ1) is 17.1. The molecule has 0 saturated heterocycles. The Bertz CT molecular complexity index is 406. The summed E-state index contributed by atoms with van der Waals surface area (Å²) >= 11 is 0. The molecule has 0 aliphatic carbocycles. The summed E-state index contributed by atoms with van der Waals surface area (Å²) in [6, 6.07) is 3.30. The Kier molecular flexibility index (Phi) is 7.81. The number of hydrogen-bond acceptors (Lipinski definition) is 1. The van der Waals surface area contributed by atoms with Gasteiger partial charge in [0.25, 0.3) is 0 Å². The summed E-state index contributed by atoms with van der Waals surface area (Å²) in [5, 5.41) is 0. The summed E-state index contributed by atoms with van der Waals surface area (Å²) in [6.07, 6.45) is 0. The Morgan fingerprint density at radius 2 is 1.89 bits per heavy atom. The van der Waals surface area contributed by atoms with Crippen LogP contribution in [-0.2, 0) is 6.54 Å². The first-order valence-electron chi connectivity index (χ1n) is 5.57. The van der Waals surface area contributed by atoms with Crippen molar-refractivity contribution in [3.8, 4) is 0 Å². The summed E-state index contributed by atoms with van der Waals surface area (Å²) in [5.41, 5.74) is 5.94. The molecule has 0 heterocycles. The molecule has 18 heavy (non-hydrogen) atoms. The van der Waals surface area contributed by atoms with Gasteiger partial charge in [0.05, 0.1) is 6.54 Å². The second-order valence-electron chi connectivity index (χ2n) is 3.58. The molecule has 0 amide bonds. The summed E-state index contributed by atoms with van der Waals surface area (Å²) in [7, 11) is 0. The Balaban J connectivity index is 0.00000289. The van der Waals surface area contributed by atoms with Gasteiger partial charge in [0.2, 0.25) is 0 Å². The van der Waals surface area contributed by atoms with Crippen LogP contribution in [0, 0.1) is 11.6 Å². The van der Waals surface area contributed by atoms with Gasteiger partial charge in [0.15, 0.2) is 5.96 Å². The Morgan fingerprint density at radius 1 is 1.28 bits per heavy atom. The SMILES string of the molecule is CCN(CC)C(N)=NCc1cc(F)ccc1F.I. The van der Waals surface area contributed by atoms with Crippen molar-refractivity contribution in [1.82, 2.24) is 4.90 Å². The molecule has 0 fully saturated rings. The van der Waals surface area contributed by atoms with E-state index in [1.807, 2.05) is 18.7 Å². The monoisotopic (exact) mass is 369 g/mol. The predicted octanol–water partition coefficient (Wildman–Crippen LogP) is 2.74. The second kappa shape index (κ2) is 8.23. The summed E-state index contributed by atoms with van der Waals surface area (Å²) in [6.45, 7) is 5.42. The Morgan fingerprint density at radius 3 is 2.44 bits per heavy atom. The molecule has 0 aliphatic rings. The number of aliphatic imine (C=N–C) groups is 1. The third-order valence-electron chi connectivity index (χ3n) is 2.51. The minimum absolute atomic E-state index is 0. The molecule has 2 N–H and O–H groups in total. The lowest BCUT2D eigenvalue weighted by molar-refractivity contribution is 0.457. The lowest BCUT2D eigenvalue weighted by Gasteiger charge is -2.19. The molecule has 0 atom stereocenters. The lowest BCUT2D eigenvalue weighted by Crippen LogP contribution is -2.37. The minimum atomic E-state index is -0.474. The van der Waals surface area contributed by atoms with E-state index in [0.29, 0.717) is 5.96 Å². The lowest BCUT2D eigenvalue weighted by atomic mass is 10.2. The second-order valence-corrected chi connectivity index (χ2v) is 3.58. The Labute approximate surface area is 123 Å². The summed E-state index contributed by atoms with van der Waals surface area (Å²) < 4.78 is 26.2. The molecule has 1 aromatic carbocycles. The third kappa shape index (κ3) is 4.75. The highest BCUT2D eigenvalue weighted by Gasteiger charge is 2.05. The molecule has 0 spiro atoms. The Hall–Kier alpha value is -0.920. The maximum Gasteiger partial charge on any atom is 0.191 e. The zero-order chi connectivity index (χ0) is 12.8. The first-order chi connectivity index (χ1) is 8.08. The van der Waals surface area contributed by atoms with E-state index in [1.54, 1.807) is 0 Å². The molecule has 0 unspecified atom stereocenters. The van der Waals surface area contributed by atoms with Crippen molar-refractivity contribution >= 4 is 29.9 Å². The molecule has 3 nitrogen and oxygen atoms in total. The fourth-order valence-corrected chi connectivity index (χ4v) is 1.48. The van der Waals surface area contributed by atoms with Crippen LogP contribution in [0.5, 0.6) is 0 Å². The van der Waals surface area contributed by atoms with Gasteiger partial charge in [-0.25, -0.2) is 13.8 Å². The quantitative estimate of drug-likeness (QED) is 0.504. The van der Waals surface area contributed by atoms with Crippen LogP contribution in [0.2, 0.25) is 0 Å². The van der Waals surface area contributed by atoms with E-state index in [1.165, 1.54) is 0 Å². The number of hydrogen-bond donors (Lipinski definition) is 1. The number of nitrogens with two attached hydrogens (primary N) is 1. The van der Waals surface area contributed by atoms with Gasteiger partial charge in [-0.1, -0.05) is 0 Å². The minimum Gasteiger partial charge on any atom is -0.370 e. The van der Waals surface area contributed by atoms with E-state index >= 15 is 0 Å². The van der Waals surface area contributed by atoms with Crippen LogP contribution in [0.1, 0.15) is 19.4 Å². The smallest absolute Gasteiger partial charge is 0.191 e. The molecule has 102 valence electrons. The molecule has 6 heteroatoms. The summed E-state index contributed by atoms with van der Waals surface area (Å²) in [5.74, 6) is -0.598. The largest absolute Gasteiger partial charge is 0.370 e. The normalized spacial score (nSPS) is 11.0. The highest BCUT2D eigenvalue weighted by atomic mass is 127. The van der Waals surface area contributed by atoms with E-state index in [0.717, 1.165) is 31.3 Å². The molecule has 0 aromatic heterocycles. The highest BCUT2D eigenvalue weighted by Crippen LogP contribution is 2.10. The molecular formula is C12H18F2IN3. The topological polar surface area (TPSA) is 41.6 Å². The first-order valence-corrected chi connectivity index (χ1v) is 5.57. The standard InChI is InChI=1S/C12H17F2N3.HI/c1-3-17(4-2)12(15)16-8-9-7-10(13)5-6-11(9)14;/h5-7H,3-4,8H2,1-2H3,(H2,15,16);1H. The molecule has 0 aliphatic heterocycles. The van der Waals surface area contributed by atoms with Gasteiger partial charge in [-0.15, -0.1) is 24.0 Å². The highest BCUT2D eigenvalue weighted by molar-refractivity contribution is 14.0. The zero-order valence-electron chi connectivity index (χ0n) is 10.5. The molecule has 0 bridgehead atoms. The van der Waals surface area contributed by atoms with E-state index in [9.17, 15) is 8.78 Å². The van der Waals surface area contributed by atoms with Gasteiger partial charge in [-0.05, 0) is 32.0 Å². The van der Waals surface area contributed by atoms with Crippen LogP contribution >= 0.6 is 24.0 Å². The third-order valence-corrected chi connectivity index (χ3v) is 2.51. The average Bonchev–Trinajstić information content (AvgIpc) is 2.32. The molecule has 1 aromatic rings. The predicted molar refractivity (Wildman–Crippen MR) is 80.0 cm³/mol. The van der Waals surface area contributed by atoms with Crippen molar-refractivity contribution in [2.45, 2.75) is 20.4 Å². The number of guanidine groups is 1. The maximum absolute atomic E-state index is 13.3. The van der Waals surface area contributed by atoms with Gasteiger partial charge in [0.1, 0.15) is 11.6 Å². The van der Waals surface area contributed by atoms with Crippen molar-refractivity contribution in [1.29, 1.82) is 0 Å². The number of benzene rings is 1. The maximum atomic E-state index is 13.3. The van der Waals surface area contributed by atoms with Gasteiger partial charge in [-0.3, -0.25) is 0 Å². The zero-order valence-corrected chi connectivity index (χ0v) is 12.8. The van der Waals surface area contributed by atoms with Gasteiger partial charge in [0, 0.05) is 18.7 Å². The molecule has 0 radical (unpaired) electrons. The molecule has 1 rings (SSSR count). The number of rotatable bonds is 4. The average molecular weight is 369 g/mol. The van der Waals surface area contributed by atoms with Crippen molar-refractivity contribution < 1.29 is 8.78 Å². The number of nitrogens with zero attached hydrogens (tertiary/aromatic N) is 2. The number of halogens is 3. The van der Waals surface area contributed by atoms with Crippen LogP contribution in [-0.4, -0.2) is 23.9 Å². The van der Waals surface area contributed by atoms with E-state index < -0.39 is 11.6 Å². The molecule has 0 saturated carbocycles. The van der Waals surface area contributed by atoms with Crippen molar-refractivity contribution in [2.24, 2.45) is 10.7 Å². The van der Waals surface area contributed by atoms with Gasteiger partial charge < -0.3 is 10.6 Å². The van der Waals surface area contributed by atoms with E-state index in [4.69, 9.17) is 5.73 Å². The molecular weight excluding hydrogens is 351 g/mol. The van der Waals surface area contributed by atoms with Crippen LogP contribution in [0.25, 0.3) is 0 Å². The van der Waals surface area contributed by atoms with Crippen LogP contribution in [0.4, 0.5) is 8.78 Å². The van der Waals surface area contributed by atoms with Crippen LogP contribution in [0.3, 0.4) is 0 Å². The van der Waals surface area contributed by atoms with Gasteiger partial charge in [-0.2, -0.15) is 0 Å². The van der Waals surface area contributed by atoms with Crippen molar-refractivity contribution in [3.63, 3.8) is 0 Å². The van der Waals surface area contributed by atoms with Crippen LogP contribution < -0.4 is 5.73 Å². The van der Waals surface area contributed by atoms with Crippen LogP contribution in [0.15, 0.2) is 23.2 Å². The van der Waals surface area contributed by atoms with Crippen molar-refractivity contribution in [2.75, 3.05) is 13.1 Å². The van der Waals surface area contributed by atoms with E-state index in [2.05, 4.69) is 4.99 Å². The van der Waals surface area contributed by atoms with E-state index in [-0.39, 0.29) is 36.1 Å². The fraction of sp³-hybridized carbons (Fsp3) is 0.417.